The molecule has 6 aromatic rings. The number of imidazole rings is 1. The van der Waals surface area contributed by atoms with Gasteiger partial charge in [0.1, 0.15) is 40.8 Å². The number of nitrogens with one attached hydrogen (secondary N) is 1. The quantitative estimate of drug-likeness (QED) is 0.260. The van der Waals surface area contributed by atoms with Gasteiger partial charge < -0.3 is 29.3 Å². The van der Waals surface area contributed by atoms with Crippen molar-refractivity contribution in [2.24, 2.45) is 0 Å². The van der Waals surface area contributed by atoms with Crippen LogP contribution in [0.15, 0.2) is 54.7 Å². The molecular formula is C41H44F3N13O4S. The maximum absolute atomic E-state index is 15.5. The summed E-state index contributed by atoms with van der Waals surface area (Å²) in [6, 6.07) is 9.88. The Kier molecular flexibility index (Phi) is 9.65. The Morgan fingerprint density at radius 3 is 2.44 bits per heavy atom. The molecule has 4 aliphatic heterocycles. The number of halogens is 3. The summed E-state index contributed by atoms with van der Waals surface area (Å²) in [6.07, 6.45) is 2.05. The van der Waals surface area contributed by atoms with Gasteiger partial charge in [-0.2, -0.15) is 32.1 Å². The van der Waals surface area contributed by atoms with E-state index in [2.05, 4.69) is 15.4 Å². The fraction of sp³-hybridized carbons (Fsp3) is 0.415. The van der Waals surface area contributed by atoms with Crippen LogP contribution in [-0.2, 0) is 26.3 Å². The van der Waals surface area contributed by atoms with E-state index >= 15 is 8.78 Å². The van der Waals surface area contributed by atoms with Gasteiger partial charge in [-0.3, -0.25) is 4.79 Å². The number of nitrogens with zero attached hydrogens (tertiary/aromatic N) is 12. The number of aryl methyl sites for hydroxylation is 1. The average Bonchev–Trinajstić information content (AvgIpc) is 3.94. The Morgan fingerprint density at radius 2 is 1.69 bits per heavy atom. The van der Waals surface area contributed by atoms with Crippen molar-refractivity contribution in [1.82, 2.24) is 47.8 Å². The van der Waals surface area contributed by atoms with Crippen LogP contribution in [0, 0.1) is 24.4 Å². The molecule has 10 rings (SSSR count). The van der Waals surface area contributed by atoms with Crippen LogP contribution >= 0.6 is 0 Å². The number of piperazine rings is 1. The molecule has 3 saturated heterocycles. The van der Waals surface area contributed by atoms with Crippen molar-refractivity contribution in [3.8, 4) is 16.9 Å². The number of carbonyl (C=O) groups is 1. The third kappa shape index (κ3) is 6.59. The molecule has 0 spiro atoms. The van der Waals surface area contributed by atoms with E-state index in [1.54, 1.807) is 19.1 Å². The molecule has 4 aliphatic rings. The minimum atomic E-state index is -3.68. The van der Waals surface area contributed by atoms with Crippen LogP contribution in [-0.4, -0.2) is 147 Å². The van der Waals surface area contributed by atoms with Gasteiger partial charge in [-0.15, -0.1) is 0 Å². The van der Waals surface area contributed by atoms with Crippen molar-refractivity contribution < 1.29 is 31.1 Å². The molecule has 8 heterocycles. The number of pyridine rings is 1. The summed E-state index contributed by atoms with van der Waals surface area (Å²) < 4.78 is 82.9. The Labute approximate surface area is 354 Å². The molecule has 21 heteroatoms. The van der Waals surface area contributed by atoms with Gasteiger partial charge in [-0.1, -0.05) is 6.07 Å². The number of piperidine rings is 1. The first-order valence-electron chi connectivity index (χ1n) is 20.3. The Bertz CT molecular complexity index is 2880. The van der Waals surface area contributed by atoms with E-state index in [-0.39, 0.29) is 67.5 Å². The number of hydrogen-bond donors (Lipinski definition) is 1. The number of hydrogen-bond acceptors (Lipinski definition) is 12. The van der Waals surface area contributed by atoms with Gasteiger partial charge in [-0.05, 0) is 50.1 Å². The first kappa shape index (κ1) is 40.2. The highest BCUT2D eigenvalue weighted by molar-refractivity contribution is 7.86. The van der Waals surface area contributed by atoms with Crippen molar-refractivity contribution in [1.29, 1.82) is 0 Å². The van der Waals surface area contributed by atoms with Gasteiger partial charge in [0.15, 0.2) is 11.5 Å². The van der Waals surface area contributed by atoms with E-state index < -0.39 is 39.8 Å². The molecule has 1 amide bonds. The maximum Gasteiger partial charge on any atom is 0.281 e. The predicted octanol–water partition coefficient (Wildman–Crippen LogP) is 3.57. The van der Waals surface area contributed by atoms with Crippen LogP contribution in [0.25, 0.3) is 39.0 Å². The van der Waals surface area contributed by atoms with Crippen LogP contribution < -0.4 is 15.1 Å². The first-order chi connectivity index (χ1) is 29.7. The van der Waals surface area contributed by atoms with Crippen LogP contribution in [0.1, 0.15) is 18.7 Å². The predicted molar refractivity (Wildman–Crippen MR) is 225 cm³/mol. The molecule has 4 aromatic heterocycles. The third-order valence-electron chi connectivity index (χ3n) is 12.5. The molecule has 17 nitrogen and oxygen atoms in total. The maximum atomic E-state index is 15.5. The summed E-state index contributed by atoms with van der Waals surface area (Å²) in [7, 11) is 2.61. The number of fused-ring (bicyclic) bond motifs is 8. The second-order valence-corrected chi connectivity index (χ2v) is 18.8. The number of anilines is 3. The lowest BCUT2D eigenvalue weighted by Crippen LogP contribution is -2.70. The van der Waals surface area contributed by atoms with Crippen molar-refractivity contribution >= 4 is 55.8 Å². The molecule has 5 atom stereocenters. The number of benzene rings is 2. The van der Waals surface area contributed by atoms with Gasteiger partial charge in [0.05, 0.1) is 41.0 Å². The van der Waals surface area contributed by atoms with E-state index in [1.807, 2.05) is 39.5 Å². The van der Waals surface area contributed by atoms with E-state index in [0.717, 1.165) is 12.1 Å². The molecule has 3 fully saturated rings. The topological polar surface area (TPSA) is 163 Å². The van der Waals surface area contributed by atoms with Crippen molar-refractivity contribution in [3.63, 3.8) is 0 Å². The average molecular weight is 872 g/mol. The zero-order valence-electron chi connectivity index (χ0n) is 34.6. The fourth-order valence-corrected chi connectivity index (χ4v) is 10.7. The van der Waals surface area contributed by atoms with Crippen molar-refractivity contribution in [2.45, 2.75) is 56.6 Å². The van der Waals surface area contributed by atoms with E-state index in [0.29, 0.717) is 64.5 Å². The zero-order chi connectivity index (χ0) is 43.4. The summed E-state index contributed by atoms with van der Waals surface area (Å²) in [5, 5.41) is 8.48. The second-order valence-electron chi connectivity index (χ2n) is 16.6. The Morgan fingerprint density at radius 1 is 0.903 bits per heavy atom. The monoisotopic (exact) mass is 871 g/mol. The summed E-state index contributed by atoms with van der Waals surface area (Å²) in [4.78, 5) is 40.1. The summed E-state index contributed by atoms with van der Waals surface area (Å²) in [6.45, 7) is 3.03. The Balaban J connectivity index is 1.09. The summed E-state index contributed by atoms with van der Waals surface area (Å²) >= 11 is 0. The lowest BCUT2D eigenvalue weighted by molar-refractivity contribution is -0.132. The summed E-state index contributed by atoms with van der Waals surface area (Å²) in [5.74, 6) is -0.473. The SMILES string of the molecule is CO[C@H]1CN(C)C(=O)[C@@H]2C[C@@H](CN2c2nc(N3C4CC3CN(S(=O)(=O)N(C)C)C4)nc3c2cnn3-c2ccc(F)cc2F)Nc2cccc(n2)-c2cc(F)cc3nc(C)n(c23)C1. The van der Waals surface area contributed by atoms with Crippen LogP contribution in [0.2, 0.25) is 0 Å². The highest BCUT2D eigenvalue weighted by Gasteiger charge is 2.50. The van der Waals surface area contributed by atoms with Crippen LogP contribution in [0.3, 0.4) is 0 Å². The molecule has 2 aromatic carbocycles. The standard InChI is InChI=1S/C41H44F3N13O4S/c1-22-46-33-13-24(43)11-29-32-7-6-8-36(48-32)47-25-14-35(40(58)52(4)20-28(61-5)21-54(22)37(29)33)55(17-25)38-30-16-45-57(34-10-9-23(42)12-31(34)44)39(30)50-41(49-38)56-26-15-27(56)19-53(18-26)62(59,60)51(2)3/h6-13,16,25-28,35H,14-15,17-21H2,1-5H3,(H,47,48)/t25-,26?,27?,28-,35-/m0/s1. The third-order valence-corrected chi connectivity index (χ3v) is 14.4. The first-order valence-corrected chi connectivity index (χ1v) is 21.7. The van der Waals surface area contributed by atoms with Crippen molar-refractivity contribution in [3.05, 3.63) is 78.0 Å². The van der Waals surface area contributed by atoms with Gasteiger partial charge in [0.25, 0.3) is 10.2 Å². The highest BCUT2D eigenvalue weighted by Crippen LogP contribution is 2.41. The van der Waals surface area contributed by atoms with E-state index in [9.17, 15) is 17.6 Å². The molecule has 2 unspecified atom stereocenters. The molecule has 324 valence electrons. The molecule has 0 saturated carbocycles. The minimum Gasteiger partial charge on any atom is -0.378 e. The molecular weight excluding hydrogens is 828 g/mol. The minimum absolute atomic E-state index is 0.0396. The highest BCUT2D eigenvalue weighted by atomic mass is 32.2. The van der Waals surface area contributed by atoms with Gasteiger partial charge in [-0.25, -0.2) is 27.8 Å². The number of aromatic nitrogens is 7. The summed E-state index contributed by atoms with van der Waals surface area (Å²) in [5.41, 5.74) is 2.46. The normalized spacial score (nSPS) is 23.2. The number of methoxy groups -OCH3 is 1. The van der Waals surface area contributed by atoms with E-state index in [4.69, 9.17) is 19.7 Å². The number of carbonyl (C=O) groups excluding carboxylic acids is 1. The smallest absolute Gasteiger partial charge is 0.281 e. The fourth-order valence-electron chi connectivity index (χ4n) is 9.47. The number of rotatable bonds is 6. The number of likely N-dealkylation sites (N-methyl/N-ethyl adjacent to an activating group) is 1. The van der Waals surface area contributed by atoms with Crippen LogP contribution in [0.5, 0.6) is 0 Å². The zero-order valence-corrected chi connectivity index (χ0v) is 35.4. The van der Waals surface area contributed by atoms with Gasteiger partial charge in [0.2, 0.25) is 11.9 Å². The molecule has 0 radical (unpaired) electrons. The number of amides is 1. The Hall–Kier alpha value is -5.90. The molecule has 0 aliphatic carbocycles. The van der Waals surface area contributed by atoms with Crippen molar-refractivity contribution in [2.75, 3.05) is 69.5 Å². The second kappa shape index (κ2) is 14.9. The molecule has 6 bridgehead atoms. The van der Waals surface area contributed by atoms with Gasteiger partial charge >= 0.3 is 0 Å². The van der Waals surface area contributed by atoms with Crippen LogP contribution in [0.4, 0.5) is 30.8 Å². The lowest BCUT2D eigenvalue weighted by Gasteiger charge is -2.55. The van der Waals surface area contributed by atoms with E-state index in [1.165, 1.54) is 51.8 Å². The largest absolute Gasteiger partial charge is 0.378 e. The molecule has 62 heavy (non-hydrogen) atoms. The molecule has 1 N–H and O–H groups in total. The van der Waals surface area contributed by atoms with Gasteiger partial charge in [0, 0.05) is 90.3 Å². The number of ether oxygens (including phenoxy) is 1. The lowest BCUT2D eigenvalue weighted by atomic mass is 9.89.